The third-order valence-corrected chi connectivity index (χ3v) is 3.73. The lowest BCUT2D eigenvalue weighted by atomic mass is 10.1. The molecule has 0 saturated carbocycles. The smallest absolute Gasteiger partial charge is 0.237 e. The number of hydrogen-bond donors (Lipinski definition) is 3. The molecule has 0 radical (unpaired) electrons. The Morgan fingerprint density at radius 2 is 2.30 bits per heavy atom. The van der Waals surface area contributed by atoms with E-state index >= 15 is 0 Å². The molecule has 3 N–H and O–H groups in total. The number of benzene rings is 1. The van der Waals surface area contributed by atoms with Gasteiger partial charge in [0.2, 0.25) is 5.91 Å². The first-order valence-corrected chi connectivity index (χ1v) is 6.98. The Kier molecular flexibility index (Phi) is 6.88. The van der Waals surface area contributed by atoms with E-state index in [9.17, 15) is 14.3 Å². The molecule has 112 valence electrons. The highest BCUT2D eigenvalue weighted by Gasteiger charge is 2.27. The second-order valence-electron chi connectivity index (χ2n) is 4.64. The third kappa shape index (κ3) is 4.70. The van der Waals surface area contributed by atoms with Crippen LogP contribution in [0.5, 0.6) is 0 Å². The zero-order valence-electron chi connectivity index (χ0n) is 10.7. The molecule has 4 nitrogen and oxygen atoms in total. The molecular weight excluding hydrogens is 351 g/mol. The van der Waals surface area contributed by atoms with Crippen molar-refractivity contribution in [3.8, 4) is 0 Å². The maximum absolute atomic E-state index is 13.0. The minimum Gasteiger partial charge on any atom is -0.392 e. The fourth-order valence-electron chi connectivity index (χ4n) is 2.07. The summed E-state index contributed by atoms with van der Waals surface area (Å²) < 4.78 is 13.5. The van der Waals surface area contributed by atoms with Gasteiger partial charge in [-0.1, -0.05) is 6.07 Å². The molecule has 0 spiro atoms. The van der Waals surface area contributed by atoms with E-state index in [2.05, 4.69) is 26.6 Å². The van der Waals surface area contributed by atoms with Gasteiger partial charge in [-0.3, -0.25) is 4.79 Å². The molecule has 1 saturated heterocycles. The summed E-state index contributed by atoms with van der Waals surface area (Å²) in [6, 6.07) is 4.49. The first-order chi connectivity index (χ1) is 9.06. The Morgan fingerprint density at radius 1 is 1.55 bits per heavy atom. The molecular formula is C13H17BrClFN2O2. The molecule has 1 aromatic rings. The van der Waals surface area contributed by atoms with Crippen molar-refractivity contribution in [1.82, 2.24) is 10.6 Å². The maximum Gasteiger partial charge on any atom is 0.237 e. The molecule has 7 heteroatoms. The lowest BCUT2D eigenvalue weighted by Crippen LogP contribution is -2.41. The number of hydrogen-bond acceptors (Lipinski definition) is 3. The van der Waals surface area contributed by atoms with Gasteiger partial charge in [0.1, 0.15) is 5.82 Å². The first-order valence-electron chi connectivity index (χ1n) is 6.19. The first kappa shape index (κ1) is 17.4. The van der Waals surface area contributed by atoms with Crippen LogP contribution in [0.15, 0.2) is 22.7 Å². The van der Waals surface area contributed by atoms with Crippen molar-refractivity contribution in [2.45, 2.75) is 25.0 Å². The monoisotopic (exact) mass is 366 g/mol. The summed E-state index contributed by atoms with van der Waals surface area (Å²) in [6.45, 7) is 0.953. The van der Waals surface area contributed by atoms with Crippen molar-refractivity contribution < 1.29 is 14.3 Å². The summed E-state index contributed by atoms with van der Waals surface area (Å²) in [7, 11) is 0. The Hall–Kier alpha value is -0.690. The van der Waals surface area contributed by atoms with E-state index in [4.69, 9.17) is 0 Å². The predicted octanol–water partition coefficient (Wildman–Crippen LogP) is 1.39. The molecule has 1 amide bonds. The summed E-state index contributed by atoms with van der Waals surface area (Å²) in [5, 5.41) is 15.1. The zero-order valence-corrected chi connectivity index (χ0v) is 13.1. The quantitative estimate of drug-likeness (QED) is 0.754. The Labute approximate surface area is 131 Å². The van der Waals surface area contributed by atoms with Crippen LogP contribution in [0.25, 0.3) is 0 Å². The van der Waals surface area contributed by atoms with Crippen molar-refractivity contribution in [3.05, 3.63) is 34.1 Å². The number of aliphatic hydroxyl groups excluding tert-OH is 1. The summed E-state index contributed by atoms with van der Waals surface area (Å²) in [4.78, 5) is 11.7. The van der Waals surface area contributed by atoms with Gasteiger partial charge in [0, 0.05) is 13.1 Å². The number of halogens is 3. The number of carbonyl (C=O) groups is 1. The average molecular weight is 368 g/mol. The zero-order chi connectivity index (χ0) is 13.8. The highest BCUT2D eigenvalue weighted by atomic mass is 79.9. The molecule has 0 bridgehead atoms. The molecule has 1 aromatic carbocycles. The predicted molar refractivity (Wildman–Crippen MR) is 80.5 cm³/mol. The molecule has 0 aliphatic carbocycles. The van der Waals surface area contributed by atoms with Gasteiger partial charge in [-0.05, 0) is 46.5 Å². The van der Waals surface area contributed by atoms with E-state index in [0.717, 1.165) is 5.56 Å². The van der Waals surface area contributed by atoms with Crippen LogP contribution in [0.2, 0.25) is 0 Å². The summed E-state index contributed by atoms with van der Waals surface area (Å²) in [5.74, 6) is -0.394. The highest BCUT2D eigenvalue weighted by molar-refractivity contribution is 9.10. The van der Waals surface area contributed by atoms with Gasteiger partial charge in [-0.25, -0.2) is 4.39 Å². The fraction of sp³-hybridized carbons (Fsp3) is 0.462. The molecule has 1 aliphatic rings. The Bertz CT molecular complexity index is 476. The maximum atomic E-state index is 13.0. The minimum absolute atomic E-state index is 0. The van der Waals surface area contributed by atoms with Crippen LogP contribution >= 0.6 is 28.3 Å². The van der Waals surface area contributed by atoms with Gasteiger partial charge in [0.25, 0.3) is 0 Å². The van der Waals surface area contributed by atoms with Crippen LogP contribution in [0, 0.1) is 5.82 Å². The molecule has 2 atom stereocenters. The van der Waals surface area contributed by atoms with E-state index < -0.39 is 6.10 Å². The van der Waals surface area contributed by atoms with Gasteiger partial charge in [-0.15, -0.1) is 12.4 Å². The number of aliphatic hydroxyl groups is 1. The summed E-state index contributed by atoms with van der Waals surface area (Å²) in [5.41, 5.74) is 0.952. The second-order valence-corrected chi connectivity index (χ2v) is 5.49. The van der Waals surface area contributed by atoms with Crippen LogP contribution in [0.3, 0.4) is 0 Å². The van der Waals surface area contributed by atoms with E-state index in [-0.39, 0.29) is 30.2 Å². The van der Waals surface area contributed by atoms with Crippen LogP contribution in [-0.2, 0) is 11.2 Å². The number of β-amino-alcohol motifs (C(OH)–C–C–N with tert-alkyl or cyclic N) is 1. The number of rotatable bonds is 4. The standard InChI is InChI=1S/C13H16BrFN2O2.ClH/c14-10-5-8(1-2-11(10)15)3-4-16-13(19)12-6-9(18)7-17-12;/h1-2,5,9,12,17-18H,3-4,6-7H2,(H,16,19);1H. The molecule has 0 aromatic heterocycles. The van der Waals surface area contributed by atoms with Gasteiger partial charge in [0.15, 0.2) is 0 Å². The van der Waals surface area contributed by atoms with E-state index in [0.29, 0.717) is 30.4 Å². The third-order valence-electron chi connectivity index (χ3n) is 3.12. The summed E-state index contributed by atoms with van der Waals surface area (Å²) >= 11 is 3.13. The summed E-state index contributed by atoms with van der Waals surface area (Å²) in [6.07, 6.45) is 0.650. The molecule has 20 heavy (non-hydrogen) atoms. The minimum atomic E-state index is -0.441. The van der Waals surface area contributed by atoms with Crippen LogP contribution < -0.4 is 10.6 Å². The lowest BCUT2D eigenvalue weighted by molar-refractivity contribution is -0.122. The molecule has 1 aliphatic heterocycles. The number of carbonyl (C=O) groups excluding carboxylic acids is 1. The number of nitrogens with one attached hydrogen (secondary N) is 2. The van der Waals surface area contributed by atoms with Gasteiger partial charge in [-0.2, -0.15) is 0 Å². The van der Waals surface area contributed by atoms with Crippen molar-refractivity contribution in [2.75, 3.05) is 13.1 Å². The lowest BCUT2D eigenvalue weighted by Gasteiger charge is -2.11. The van der Waals surface area contributed by atoms with Crippen LogP contribution in [0.1, 0.15) is 12.0 Å². The molecule has 1 fully saturated rings. The Balaban J connectivity index is 0.00000200. The van der Waals surface area contributed by atoms with Gasteiger partial charge < -0.3 is 15.7 Å². The van der Waals surface area contributed by atoms with E-state index in [1.165, 1.54) is 6.07 Å². The topological polar surface area (TPSA) is 61.4 Å². The number of amides is 1. The molecule has 1 heterocycles. The van der Waals surface area contributed by atoms with Gasteiger partial charge in [0.05, 0.1) is 16.6 Å². The normalized spacial score (nSPS) is 21.4. The SMILES string of the molecule is Cl.O=C(NCCc1ccc(F)c(Br)c1)C1CC(O)CN1. The van der Waals surface area contributed by atoms with Gasteiger partial charge >= 0.3 is 0 Å². The fourth-order valence-corrected chi connectivity index (χ4v) is 2.49. The van der Waals surface area contributed by atoms with Crippen LogP contribution in [0.4, 0.5) is 4.39 Å². The Morgan fingerprint density at radius 3 is 2.90 bits per heavy atom. The largest absolute Gasteiger partial charge is 0.392 e. The molecule has 2 rings (SSSR count). The molecule has 2 unspecified atom stereocenters. The average Bonchev–Trinajstić information content (AvgIpc) is 2.80. The highest BCUT2D eigenvalue weighted by Crippen LogP contribution is 2.17. The second kappa shape index (κ2) is 7.93. The van der Waals surface area contributed by atoms with Crippen molar-refractivity contribution in [3.63, 3.8) is 0 Å². The van der Waals surface area contributed by atoms with Crippen molar-refractivity contribution in [1.29, 1.82) is 0 Å². The van der Waals surface area contributed by atoms with Crippen LogP contribution in [-0.4, -0.2) is 36.2 Å². The van der Waals surface area contributed by atoms with Crippen molar-refractivity contribution in [2.24, 2.45) is 0 Å². The van der Waals surface area contributed by atoms with Crippen molar-refractivity contribution >= 4 is 34.2 Å². The van der Waals surface area contributed by atoms with E-state index in [1.54, 1.807) is 12.1 Å². The van der Waals surface area contributed by atoms with E-state index in [1.807, 2.05) is 0 Å².